The molecular formula is C14H13BrN2O5. The van der Waals surface area contributed by atoms with Gasteiger partial charge < -0.3 is 4.74 Å². The van der Waals surface area contributed by atoms with Crippen LogP contribution in [0.2, 0.25) is 0 Å². The number of imide groups is 2. The van der Waals surface area contributed by atoms with Crippen molar-refractivity contribution < 1.29 is 23.9 Å². The lowest BCUT2D eigenvalue weighted by atomic mass is 9.90. The van der Waals surface area contributed by atoms with Crippen LogP contribution in [0.4, 0.5) is 0 Å². The highest BCUT2D eigenvalue weighted by Gasteiger charge is 2.51. The summed E-state index contributed by atoms with van der Waals surface area (Å²) in [7, 11) is 0. The van der Waals surface area contributed by atoms with Crippen molar-refractivity contribution in [1.82, 2.24) is 10.2 Å². The van der Waals surface area contributed by atoms with E-state index in [0.29, 0.717) is 5.76 Å². The Morgan fingerprint density at radius 2 is 1.95 bits per heavy atom. The predicted molar refractivity (Wildman–Crippen MR) is 77.1 cm³/mol. The zero-order chi connectivity index (χ0) is 15.9. The minimum atomic E-state index is -0.911. The molecule has 22 heavy (non-hydrogen) atoms. The van der Waals surface area contributed by atoms with Gasteiger partial charge in [-0.25, -0.2) is 0 Å². The number of carbonyl (C=O) groups excluding carboxylic acids is 4. The van der Waals surface area contributed by atoms with Gasteiger partial charge in [0, 0.05) is 6.42 Å². The Bertz CT molecular complexity index is 627. The van der Waals surface area contributed by atoms with Crippen molar-refractivity contribution in [1.29, 1.82) is 0 Å². The zero-order valence-electron chi connectivity index (χ0n) is 11.5. The van der Waals surface area contributed by atoms with E-state index >= 15 is 0 Å². The Morgan fingerprint density at radius 3 is 2.64 bits per heavy atom. The summed E-state index contributed by atoms with van der Waals surface area (Å²) < 4.78 is 5.28. The maximum atomic E-state index is 12.5. The van der Waals surface area contributed by atoms with Gasteiger partial charge in [-0.05, 0) is 34.5 Å². The Labute approximate surface area is 134 Å². The van der Waals surface area contributed by atoms with Gasteiger partial charge in [-0.15, -0.1) is 0 Å². The number of alkyl halides is 1. The second kappa shape index (κ2) is 5.68. The maximum Gasteiger partial charge on any atom is 0.249 e. The van der Waals surface area contributed by atoms with Gasteiger partial charge in [-0.1, -0.05) is 6.08 Å². The Balaban J connectivity index is 1.85. The fourth-order valence-electron chi connectivity index (χ4n) is 2.94. The summed E-state index contributed by atoms with van der Waals surface area (Å²) in [6.07, 6.45) is 5.14. The molecule has 116 valence electrons. The van der Waals surface area contributed by atoms with E-state index in [-0.39, 0.29) is 24.3 Å². The lowest BCUT2D eigenvalue weighted by Crippen LogP contribution is -2.54. The van der Waals surface area contributed by atoms with Crippen molar-refractivity contribution in [3.63, 3.8) is 0 Å². The molecule has 1 aliphatic carbocycles. The maximum absolute atomic E-state index is 12.5. The number of hydrogen-bond acceptors (Lipinski definition) is 5. The number of hydrogen-bond donors (Lipinski definition) is 1. The molecule has 0 saturated carbocycles. The molecule has 4 amide bonds. The smallest absolute Gasteiger partial charge is 0.249 e. The molecule has 2 fully saturated rings. The van der Waals surface area contributed by atoms with Crippen LogP contribution in [0.15, 0.2) is 24.0 Å². The fraction of sp³-hybridized carbons (Fsp3) is 0.429. The average Bonchev–Trinajstić information content (AvgIpc) is 2.72. The van der Waals surface area contributed by atoms with E-state index in [0.717, 1.165) is 4.90 Å². The molecule has 0 aromatic heterocycles. The van der Waals surface area contributed by atoms with Gasteiger partial charge in [-0.3, -0.25) is 29.4 Å². The lowest BCUT2D eigenvalue weighted by Gasteiger charge is -2.28. The van der Waals surface area contributed by atoms with E-state index in [1.54, 1.807) is 18.2 Å². The monoisotopic (exact) mass is 368 g/mol. The molecule has 1 N–H and O–H groups in total. The first-order chi connectivity index (χ1) is 10.5. The number of piperidine rings is 1. The fourth-order valence-corrected chi connectivity index (χ4v) is 3.20. The van der Waals surface area contributed by atoms with Gasteiger partial charge in [0.15, 0.2) is 0 Å². The van der Waals surface area contributed by atoms with Crippen LogP contribution in [0, 0.1) is 11.8 Å². The van der Waals surface area contributed by atoms with E-state index in [9.17, 15) is 19.2 Å². The molecule has 3 rings (SSSR count). The van der Waals surface area contributed by atoms with Crippen LogP contribution >= 0.6 is 15.9 Å². The van der Waals surface area contributed by atoms with Crippen LogP contribution in [-0.4, -0.2) is 40.1 Å². The van der Waals surface area contributed by atoms with Crippen LogP contribution in [0.3, 0.4) is 0 Å². The van der Waals surface area contributed by atoms with Crippen LogP contribution in [0.5, 0.6) is 0 Å². The normalized spacial score (nSPS) is 31.0. The summed E-state index contributed by atoms with van der Waals surface area (Å²) in [6.45, 7) is 0. The minimum Gasteiger partial charge on any atom is -0.483 e. The van der Waals surface area contributed by atoms with Crippen molar-refractivity contribution >= 4 is 39.6 Å². The van der Waals surface area contributed by atoms with Gasteiger partial charge in [0.25, 0.3) is 0 Å². The minimum absolute atomic E-state index is 0.117. The first-order valence-electron chi connectivity index (χ1n) is 6.82. The lowest BCUT2D eigenvalue weighted by molar-refractivity contribution is -0.151. The summed E-state index contributed by atoms with van der Waals surface area (Å²) >= 11 is 3.13. The number of likely N-dealkylation sites (tertiary alicyclic amines) is 1. The molecular weight excluding hydrogens is 356 g/mol. The Kier molecular flexibility index (Phi) is 3.86. The van der Waals surface area contributed by atoms with Crippen LogP contribution < -0.4 is 5.32 Å². The number of allylic oxidation sites excluding steroid dienone is 1. The SMILES string of the molecule is O=C1CCC(N2C(=O)C3C=CC(OCBr)=CC3C2=O)C(=O)N1. The number of amides is 4. The second-order valence-corrected chi connectivity index (χ2v) is 5.70. The van der Waals surface area contributed by atoms with E-state index < -0.39 is 35.6 Å². The van der Waals surface area contributed by atoms with E-state index in [1.165, 1.54) is 0 Å². The second-order valence-electron chi connectivity index (χ2n) is 5.25. The van der Waals surface area contributed by atoms with Crippen LogP contribution in [-0.2, 0) is 23.9 Å². The number of halogens is 1. The van der Waals surface area contributed by atoms with Gasteiger partial charge in [0.05, 0.1) is 11.8 Å². The molecule has 2 aliphatic heterocycles. The third-order valence-corrected chi connectivity index (χ3v) is 4.22. The highest BCUT2D eigenvalue weighted by atomic mass is 79.9. The third kappa shape index (κ3) is 2.37. The first-order valence-corrected chi connectivity index (χ1v) is 7.94. The molecule has 2 saturated heterocycles. The molecule has 8 heteroatoms. The number of fused-ring (bicyclic) bond motifs is 1. The van der Waals surface area contributed by atoms with Crippen molar-refractivity contribution in [2.45, 2.75) is 18.9 Å². The largest absolute Gasteiger partial charge is 0.483 e. The molecule has 3 unspecified atom stereocenters. The van der Waals surface area contributed by atoms with Gasteiger partial charge in [0.2, 0.25) is 23.6 Å². The standard InChI is InChI=1S/C14H13BrN2O5/c15-6-22-7-1-2-8-9(5-7)14(21)17(13(8)20)10-3-4-11(18)16-12(10)19/h1-2,5,8-10H,3-4,6H2,(H,16,18,19). The Hall–Kier alpha value is -1.96. The van der Waals surface area contributed by atoms with Gasteiger partial charge >= 0.3 is 0 Å². The summed E-state index contributed by atoms with van der Waals surface area (Å²) in [5.41, 5.74) is 0.277. The van der Waals surface area contributed by atoms with Crippen molar-refractivity contribution in [3.8, 4) is 0 Å². The highest BCUT2D eigenvalue weighted by Crippen LogP contribution is 2.35. The summed E-state index contributed by atoms with van der Waals surface area (Å²) in [5.74, 6) is -2.58. The van der Waals surface area contributed by atoms with Crippen molar-refractivity contribution in [2.24, 2.45) is 11.8 Å². The quantitative estimate of drug-likeness (QED) is 0.568. The number of rotatable bonds is 3. The molecule has 2 heterocycles. The van der Waals surface area contributed by atoms with Crippen LogP contribution in [0.25, 0.3) is 0 Å². The summed E-state index contributed by atoms with van der Waals surface area (Å²) in [4.78, 5) is 49.1. The predicted octanol–water partition coefficient (Wildman–Crippen LogP) is 0.216. The van der Waals surface area contributed by atoms with Gasteiger partial charge in [-0.2, -0.15) is 0 Å². The molecule has 0 spiro atoms. The zero-order valence-corrected chi connectivity index (χ0v) is 13.0. The van der Waals surface area contributed by atoms with Crippen molar-refractivity contribution in [3.05, 3.63) is 24.0 Å². The van der Waals surface area contributed by atoms with Crippen molar-refractivity contribution in [2.75, 3.05) is 5.52 Å². The number of nitrogens with one attached hydrogen (secondary N) is 1. The molecule has 0 bridgehead atoms. The molecule has 7 nitrogen and oxygen atoms in total. The number of nitrogens with zero attached hydrogens (tertiary/aromatic N) is 1. The van der Waals surface area contributed by atoms with Crippen LogP contribution in [0.1, 0.15) is 12.8 Å². The molecule has 3 atom stereocenters. The average molecular weight is 369 g/mol. The van der Waals surface area contributed by atoms with Gasteiger partial charge in [0.1, 0.15) is 17.3 Å². The number of ether oxygens (including phenoxy) is 1. The topological polar surface area (TPSA) is 92.8 Å². The Morgan fingerprint density at radius 1 is 1.23 bits per heavy atom. The first kappa shape index (κ1) is 15.0. The molecule has 3 aliphatic rings. The molecule has 0 radical (unpaired) electrons. The van der Waals surface area contributed by atoms with E-state index in [2.05, 4.69) is 21.2 Å². The van der Waals surface area contributed by atoms with E-state index in [4.69, 9.17) is 4.74 Å². The third-order valence-electron chi connectivity index (χ3n) is 3.99. The molecule has 0 aromatic rings. The highest BCUT2D eigenvalue weighted by molar-refractivity contribution is 9.09. The summed E-state index contributed by atoms with van der Waals surface area (Å²) in [6, 6.07) is -0.911. The number of carbonyl (C=O) groups is 4. The van der Waals surface area contributed by atoms with E-state index in [1.807, 2.05) is 0 Å². The summed E-state index contributed by atoms with van der Waals surface area (Å²) in [5, 5.41) is 2.17. The molecule has 0 aromatic carbocycles.